The molecule has 47 heavy (non-hydrogen) atoms. The number of rotatable bonds is 5. The highest BCUT2D eigenvalue weighted by Gasteiger charge is 2.61. The summed E-state index contributed by atoms with van der Waals surface area (Å²) in [5.74, 6) is 3.35. The molecule has 4 bridgehead atoms. The first-order chi connectivity index (χ1) is 23.3. The van der Waals surface area contributed by atoms with Crippen LogP contribution in [0.25, 0.3) is 33.4 Å². The zero-order valence-electron chi connectivity index (χ0n) is 26.7. The van der Waals surface area contributed by atoms with Crippen molar-refractivity contribution in [2.75, 3.05) is 4.90 Å². The van der Waals surface area contributed by atoms with Crippen molar-refractivity contribution in [1.82, 2.24) is 0 Å². The van der Waals surface area contributed by atoms with E-state index in [0.717, 1.165) is 23.7 Å². The number of nitrogens with zero attached hydrogens (tertiary/aromatic N) is 1. The van der Waals surface area contributed by atoms with Gasteiger partial charge in [-0.05, 0) is 125 Å². The van der Waals surface area contributed by atoms with Gasteiger partial charge >= 0.3 is 0 Å². The Labute approximate surface area is 278 Å². The number of anilines is 3. The molecule has 5 aliphatic rings. The van der Waals surface area contributed by atoms with E-state index >= 15 is 0 Å². The number of hydrogen-bond donors (Lipinski definition) is 0. The van der Waals surface area contributed by atoms with Crippen molar-refractivity contribution >= 4 is 17.1 Å². The van der Waals surface area contributed by atoms with Crippen molar-refractivity contribution in [2.24, 2.45) is 23.7 Å². The van der Waals surface area contributed by atoms with Gasteiger partial charge in [-0.1, -0.05) is 121 Å². The standard InChI is InChI=1S/C46H39N/c1-3-11-33(12-4-1)34-19-21-38(22-20-34)47(45-18-10-8-15-40(45)35-13-5-2-6-14-35)39-23-24-42-41-16-7-9-17-43(41)46(44(42)30-39)36-26-31-25-32(28-36)29-37(46)27-31/h1-24,30-32,36-37H,25-29H2. The maximum absolute atomic E-state index is 2.62. The van der Waals surface area contributed by atoms with Gasteiger partial charge in [-0.3, -0.25) is 0 Å². The van der Waals surface area contributed by atoms with E-state index in [0.29, 0.717) is 0 Å². The SMILES string of the molecule is c1ccc(-c2ccc(N(c3ccc4c(c3)C3(c5ccccc5-4)C4CC5CC(C4)CC3C5)c3ccccc3-c3ccccc3)cc2)cc1. The molecule has 1 spiro atoms. The minimum absolute atomic E-state index is 0.136. The van der Waals surface area contributed by atoms with Gasteiger partial charge in [0.1, 0.15) is 0 Å². The Balaban J connectivity index is 1.18. The number of fused-ring (bicyclic) bond motifs is 3. The molecule has 0 amide bonds. The molecular formula is C46H39N. The molecule has 0 radical (unpaired) electrons. The van der Waals surface area contributed by atoms with Crippen LogP contribution in [0.4, 0.5) is 17.1 Å². The fourth-order valence-corrected chi connectivity index (χ4v) is 10.7. The van der Waals surface area contributed by atoms with Gasteiger partial charge < -0.3 is 4.90 Å². The molecule has 4 saturated carbocycles. The second kappa shape index (κ2) is 10.6. The molecule has 0 N–H and O–H groups in total. The van der Waals surface area contributed by atoms with Gasteiger partial charge in [-0.25, -0.2) is 0 Å². The van der Waals surface area contributed by atoms with Crippen LogP contribution in [0.15, 0.2) is 152 Å². The van der Waals surface area contributed by atoms with Crippen molar-refractivity contribution in [3.8, 4) is 33.4 Å². The summed E-state index contributed by atoms with van der Waals surface area (Å²) in [4.78, 5) is 2.52. The summed E-state index contributed by atoms with van der Waals surface area (Å²) in [6.45, 7) is 0. The first kappa shape index (κ1) is 27.3. The Morgan fingerprint density at radius 2 is 0.936 bits per heavy atom. The zero-order chi connectivity index (χ0) is 31.0. The number of para-hydroxylation sites is 1. The van der Waals surface area contributed by atoms with Crippen molar-refractivity contribution in [3.05, 3.63) is 163 Å². The Kier molecular flexibility index (Phi) is 6.13. The molecule has 1 heteroatoms. The van der Waals surface area contributed by atoms with E-state index in [2.05, 4.69) is 157 Å². The molecule has 228 valence electrons. The highest BCUT2D eigenvalue weighted by atomic mass is 15.1. The monoisotopic (exact) mass is 605 g/mol. The zero-order valence-corrected chi connectivity index (χ0v) is 26.7. The lowest BCUT2D eigenvalue weighted by Crippen LogP contribution is -2.55. The molecular weight excluding hydrogens is 567 g/mol. The number of benzene rings is 6. The van der Waals surface area contributed by atoms with E-state index in [-0.39, 0.29) is 5.41 Å². The highest BCUT2D eigenvalue weighted by Crippen LogP contribution is 2.69. The predicted molar refractivity (Wildman–Crippen MR) is 195 cm³/mol. The van der Waals surface area contributed by atoms with Crippen LogP contribution in [0.3, 0.4) is 0 Å². The molecule has 6 aromatic carbocycles. The van der Waals surface area contributed by atoms with Crippen LogP contribution in [0.1, 0.15) is 43.2 Å². The van der Waals surface area contributed by atoms with Gasteiger partial charge in [0.25, 0.3) is 0 Å². The molecule has 6 aromatic rings. The first-order valence-electron chi connectivity index (χ1n) is 17.6. The molecule has 5 aliphatic carbocycles. The number of hydrogen-bond acceptors (Lipinski definition) is 1. The lowest BCUT2D eigenvalue weighted by atomic mass is 9.43. The van der Waals surface area contributed by atoms with Crippen LogP contribution in [0.2, 0.25) is 0 Å². The molecule has 4 fully saturated rings. The Morgan fingerprint density at radius 1 is 0.404 bits per heavy atom. The van der Waals surface area contributed by atoms with Crippen LogP contribution < -0.4 is 4.90 Å². The fourth-order valence-electron chi connectivity index (χ4n) is 10.7. The van der Waals surface area contributed by atoms with Gasteiger partial charge in [0, 0.05) is 22.4 Å². The average molecular weight is 606 g/mol. The normalized spacial score (nSPS) is 24.7. The second-order valence-corrected chi connectivity index (χ2v) is 14.6. The van der Waals surface area contributed by atoms with E-state index < -0.39 is 0 Å². The van der Waals surface area contributed by atoms with Crippen LogP contribution >= 0.6 is 0 Å². The molecule has 0 atom stereocenters. The van der Waals surface area contributed by atoms with Crippen LogP contribution in [0.5, 0.6) is 0 Å². The smallest absolute Gasteiger partial charge is 0.0540 e. The molecule has 11 rings (SSSR count). The third kappa shape index (κ3) is 4.08. The topological polar surface area (TPSA) is 3.24 Å². The Bertz CT molecular complexity index is 2060. The lowest BCUT2D eigenvalue weighted by Gasteiger charge is -2.61. The lowest BCUT2D eigenvalue weighted by molar-refractivity contribution is -0.0399. The van der Waals surface area contributed by atoms with E-state index in [1.807, 2.05) is 0 Å². The summed E-state index contributed by atoms with van der Waals surface area (Å²) < 4.78 is 0. The average Bonchev–Trinajstić information content (AvgIpc) is 3.42. The predicted octanol–water partition coefficient (Wildman–Crippen LogP) is 12.2. The minimum Gasteiger partial charge on any atom is -0.310 e. The van der Waals surface area contributed by atoms with Crippen LogP contribution in [-0.2, 0) is 5.41 Å². The maximum atomic E-state index is 2.62. The van der Waals surface area contributed by atoms with Gasteiger partial charge in [-0.2, -0.15) is 0 Å². The Hall–Kier alpha value is -4.88. The van der Waals surface area contributed by atoms with Crippen LogP contribution in [0, 0.1) is 23.7 Å². The van der Waals surface area contributed by atoms with E-state index in [1.54, 1.807) is 11.1 Å². The molecule has 0 heterocycles. The summed E-state index contributed by atoms with van der Waals surface area (Å²) in [6, 6.07) is 56.6. The fraction of sp³-hybridized carbons (Fsp3) is 0.217. The van der Waals surface area contributed by atoms with Crippen molar-refractivity contribution in [1.29, 1.82) is 0 Å². The summed E-state index contributed by atoms with van der Waals surface area (Å²) in [7, 11) is 0. The van der Waals surface area contributed by atoms with Crippen molar-refractivity contribution in [2.45, 2.75) is 37.5 Å². The van der Waals surface area contributed by atoms with Crippen LogP contribution in [-0.4, -0.2) is 0 Å². The molecule has 0 unspecified atom stereocenters. The maximum Gasteiger partial charge on any atom is 0.0540 e. The summed E-state index contributed by atoms with van der Waals surface area (Å²) in [5.41, 5.74) is 14.9. The molecule has 1 nitrogen and oxygen atoms in total. The molecule has 0 aromatic heterocycles. The minimum atomic E-state index is 0.136. The highest BCUT2D eigenvalue weighted by molar-refractivity contribution is 5.91. The molecule has 0 aliphatic heterocycles. The van der Waals surface area contributed by atoms with Gasteiger partial charge in [0.15, 0.2) is 0 Å². The van der Waals surface area contributed by atoms with E-state index in [4.69, 9.17) is 0 Å². The van der Waals surface area contributed by atoms with Crippen molar-refractivity contribution in [3.63, 3.8) is 0 Å². The van der Waals surface area contributed by atoms with Crippen molar-refractivity contribution < 1.29 is 0 Å². The van der Waals surface area contributed by atoms with E-state index in [9.17, 15) is 0 Å². The molecule has 0 saturated heterocycles. The third-order valence-corrected chi connectivity index (χ3v) is 12.3. The first-order valence-corrected chi connectivity index (χ1v) is 17.6. The third-order valence-electron chi connectivity index (χ3n) is 12.3. The quantitative estimate of drug-likeness (QED) is 0.189. The van der Waals surface area contributed by atoms with Gasteiger partial charge in [-0.15, -0.1) is 0 Å². The Morgan fingerprint density at radius 3 is 1.64 bits per heavy atom. The largest absolute Gasteiger partial charge is 0.310 e. The summed E-state index contributed by atoms with van der Waals surface area (Å²) in [5, 5.41) is 0. The van der Waals surface area contributed by atoms with Gasteiger partial charge in [0.2, 0.25) is 0 Å². The summed E-state index contributed by atoms with van der Waals surface area (Å²) >= 11 is 0. The second-order valence-electron chi connectivity index (χ2n) is 14.6. The van der Waals surface area contributed by atoms with E-state index in [1.165, 1.54) is 82.5 Å². The van der Waals surface area contributed by atoms with Gasteiger partial charge in [0.05, 0.1) is 5.69 Å². The summed E-state index contributed by atoms with van der Waals surface area (Å²) in [6.07, 6.45) is 7.05.